The Kier molecular flexibility index (Phi) is 10.0. The summed E-state index contributed by atoms with van der Waals surface area (Å²) in [5.74, 6) is -4.41. The van der Waals surface area contributed by atoms with Gasteiger partial charge >= 0.3 is 6.18 Å². The number of pyridine rings is 1. The minimum absolute atomic E-state index is 0. The smallest absolute Gasteiger partial charge is 0.399 e. The molecule has 1 atom stereocenters. The van der Waals surface area contributed by atoms with Gasteiger partial charge in [-0.1, -0.05) is 56.3 Å². The number of alkyl halides is 3. The van der Waals surface area contributed by atoms with Crippen molar-refractivity contribution < 1.29 is 27.6 Å². The van der Waals surface area contributed by atoms with Gasteiger partial charge in [0, 0.05) is 12.1 Å². The third-order valence-electron chi connectivity index (χ3n) is 5.74. The lowest BCUT2D eigenvalue weighted by atomic mass is 9.99. The Morgan fingerprint density at radius 2 is 1.55 bits per heavy atom. The SMILES string of the molecule is CC(C)C(NC(=O)Cn1c(-c2ccccc2)ccc(C(=O)Cc2ccc(N)cc2)c1=O)C(=O)C(F)(F)F.Cl. The Morgan fingerprint density at radius 3 is 2.11 bits per heavy atom. The lowest BCUT2D eigenvalue weighted by molar-refractivity contribution is -0.174. The highest BCUT2D eigenvalue weighted by Crippen LogP contribution is 2.22. The van der Waals surface area contributed by atoms with Crippen LogP contribution in [0, 0.1) is 5.92 Å². The van der Waals surface area contributed by atoms with Gasteiger partial charge in [-0.25, -0.2) is 0 Å². The monoisotopic (exact) mass is 549 g/mol. The molecule has 0 saturated carbocycles. The molecule has 3 N–H and O–H groups in total. The molecule has 0 fully saturated rings. The Labute approximate surface area is 223 Å². The zero-order valence-electron chi connectivity index (χ0n) is 20.6. The number of halogens is 4. The molecule has 0 radical (unpaired) electrons. The molecule has 3 aromatic rings. The first-order valence-electron chi connectivity index (χ1n) is 11.5. The van der Waals surface area contributed by atoms with E-state index in [0.717, 1.165) is 4.57 Å². The summed E-state index contributed by atoms with van der Waals surface area (Å²) in [4.78, 5) is 51.0. The number of nitrogens with two attached hydrogens (primary N) is 1. The van der Waals surface area contributed by atoms with Crippen molar-refractivity contribution in [1.29, 1.82) is 0 Å². The van der Waals surface area contributed by atoms with Crippen molar-refractivity contribution in [3.63, 3.8) is 0 Å². The maximum absolute atomic E-state index is 13.4. The van der Waals surface area contributed by atoms with Crippen LogP contribution in [0.1, 0.15) is 29.8 Å². The Hall–Kier alpha value is -3.92. The van der Waals surface area contributed by atoms with Gasteiger partial charge in [-0.05, 0) is 41.3 Å². The number of rotatable bonds is 9. The number of hydrogen-bond donors (Lipinski definition) is 2. The number of Topliss-reactive ketones (excluding diaryl/α,β-unsaturated/α-hetero) is 2. The molecule has 202 valence electrons. The fourth-order valence-corrected chi connectivity index (χ4v) is 3.80. The van der Waals surface area contributed by atoms with Crippen LogP contribution in [-0.2, 0) is 22.6 Å². The van der Waals surface area contributed by atoms with Crippen LogP contribution in [0.15, 0.2) is 71.5 Å². The molecule has 1 amide bonds. The van der Waals surface area contributed by atoms with Gasteiger partial charge in [-0.2, -0.15) is 13.2 Å². The molecule has 3 rings (SSSR count). The first-order chi connectivity index (χ1) is 17.4. The molecule has 0 bridgehead atoms. The number of nitrogen functional groups attached to an aromatic ring is 1. The summed E-state index contributed by atoms with van der Waals surface area (Å²) < 4.78 is 40.1. The van der Waals surface area contributed by atoms with Crippen LogP contribution in [0.4, 0.5) is 18.9 Å². The van der Waals surface area contributed by atoms with E-state index < -0.39 is 47.7 Å². The molecule has 7 nitrogen and oxygen atoms in total. The van der Waals surface area contributed by atoms with E-state index in [4.69, 9.17) is 5.73 Å². The zero-order chi connectivity index (χ0) is 27.3. The lowest BCUT2D eigenvalue weighted by Gasteiger charge is -2.23. The second-order valence-electron chi connectivity index (χ2n) is 8.88. The fourth-order valence-electron chi connectivity index (χ4n) is 3.80. The normalized spacial score (nSPS) is 11.9. The average Bonchev–Trinajstić information content (AvgIpc) is 2.84. The number of benzene rings is 2. The molecule has 0 aliphatic rings. The molecule has 0 spiro atoms. The van der Waals surface area contributed by atoms with Gasteiger partial charge in [0.25, 0.3) is 11.3 Å². The van der Waals surface area contributed by atoms with Crippen LogP contribution in [-0.4, -0.2) is 34.3 Å². The van der Waals surface area contributed by atoms with Crippen molar-refractivity contribution in [3.05, 3.63) is 88.2 Å². The summed E-state index contributed by atoms with van der Waals surface area (Å²) in [5.41, 5.74) is 6.68. The summed E-state index contributed by atoms with van der Waals surface area (Å²) in [6, 6.07) is 16.1. The van der Waals surface area contributed by atoms with Crippen LogP contribution >= 0.6 is 12.4 Å². The van der Waals surface area contributed by atoms with E-state index in [1.807, 2.05) is 0 Å². The van der Waals surface area contributed by atoms with E-state index in [1.54, 1.807) is 54.6 Å². The average molecular weight is 550 g/mol. The molecule has 0 saturated heterocycles. The van der Waals surface area contributed by atoms with Crippen LogP contribution in [0.25, 0.3) is 11.3 Å². The van der Waals surface area contributed by atoms with Crippen molar-refractivity contribution in [1.82, 2.24) is 9.88 Å². The molecule has 11 heteroatoms. The number of carbonyl (C=O) groups is 3. The van der Waals surface area contributed by atoms with Gasteiger partial charge in [-0.15, -0.1) is 12.4 Å². The quantitative estimate of drug-likeness (QED) is 0.307. The van der Waals surface area contributed by atoms with E-state index in [9.17, 15) is 32.3 Å². The largest absolute Gasteiger partial charge is 0.452 e. The summed E-state index contributed by atoms with van der Waals surface area (Å²) >= 11 is 0. The van der Waals surface area contributed by atoms with Crippen molar-refractivity contribution in [2.45, 2.75) is 39.0 Å². The maximum Gasteiger partial charge on any atom is 0.452 e. The molecular weight excluding hydrogens is 523 g/mol. The molecule has 1 unspecified atom stereocenters. The van der Waals surface area contributed by atoms with E-state index in [1.165, 1.54) is 26.0 Å². The van der Waals surface area contributed by atoms with Gasteiger partial charge < -0.3 is 11.1 Å². The molecule has 2 aromatic carbocycles. The van der Waals surface area contributed by atoms with E-state index >= 15 is 0 Å². The lowest BCUT2D eigenvalue weighted by Crippen LogP contribution is -2.51. The van der Waals surface area contributed by atoms with Crippen LogP contribution in [0.3, 0.4) is 0 Å². The molecule has 1 aromatic heterocycles. The number of carbonyl (C=O) groups excluding carboxylic acids is 3. The number of hydrogen-bond acceptors (Lipinski definition) is 5. The second-order valence-corrected chi connectivity index (χ2v) is 8.88. The van der Waals surface area contributed by atoms with Crippen LogP contribution < -0.4 is 16.6 Å². The first kappa shape index (κ1) is 30.3. The van der Waals surface area contributed by atoms with Crippen molar-refractivity contribution in [2.24, 2.45) is 5.92 Å². The number of amides is 1. The number of aromatic nitrogens is 1. The molecule has 0 aliphatic heterocycles. The molecular formula is C27H27ClF3N3O4. The topological polar surface area (TPSA) is 111 Å². The van der Waals surface area contributed by atoms with Crippen molar-refractivity contribution in [2.75, 3.05) is 5.73 Å². The predicted octanol–water partition coefficient (Wildman–Crippen LogP) is 4.22. The highest BCUT2D eigenvalue weighted by molar-refractivity contribution is 5.97. The third-order valence-corrected chi connectivity index (χ3v) is 5.74. The maximum atomic E-state index is 13.4. The van der Waals surface area contributed by atoms with Gasteiger partial charge in [0.2, 0.25) is 5.91 Å². The van der Waals surface area contributed by atoms with Gasteiger partial charge in [0.05, 0.1) is 17.3 Å². The van der Waals surface area contributed by atoms with E-state index in [2.05, 4.69) is 5.32 Å². The van der Waals surface area contributed by atoms with Crippen LogP contribution in [0.2, 0.25) is 0 Å². The summed E-state index contributed by atoms with van der Waals surface area (Å²) in [6.45, 7) is 2.04. The Bertz CT molecular complexity index is 1350. The van der Waals surface area contributed by atoms with Crippen molar-refractivity contribution in [3.8, 4) is 11.3 Å². The number of anilines is 1. The predicted molar refractivity (Wildman–Crippen MR) is 140 cm³/mol. The highest BCUT2D eigenvalue weighted by atomic mass is 35.5. The fraction of sp³-hybridized carbons (Fsp3) is 0.259. The van der Waals surface area contributed by atoms with Gasteiger partial charge in [-0.3, -0.25) is 23.7 Å². The molecule has 1 heterocycles. The van der Waals surface area contributed by atoms with Crippen molar-refractivity contribution >= 4 is 35.6 Å². The van der Waals surface area contributed by atoms with E-state index in [0.29, 0.717) is 16.8 Å². The number of nitrogens with one attached hydrogen (secondary N) is 1. The number of nitrogens with zero attached hydrogens (tertiary/aromatic N) is 1. The Morgan fingerprint density at radius 1 is 0.947 bits per heavy atom. The van der Waals surface area contributed by atoms with E-state index in [-0.39, 0.29) is 30.1 Å². The zero-order valence-corrected chi connectivity index (χ0v) is 21.4. The summed E-state index contributed by atoms with van der Waals surface area (Å²) in [6.07, 6.45) is -5.23. The molecule has 38 heavy (non-hydrogen) atoms. The summed E-state index contributed by atoms with van der Waals surface area (Å²) in [7, 11) is 0. The van der Waals surface area contributed by atoms with Crippen LogP contribution in [0.5, 0.6) is 0 Å². The standard InChI is InChI=1S/C27H26F3N3O4.ClH/c1-16(2)24(25(36)27(28,29)30)32-23(35)15-33-21(18-6-4-3-5-7-18)13-12-20(26(33)37)22(34)14-17-8-10-19(31)11-9-17;/h3-13,16,24H,14-15,31H2,1-2H3,(H,32,35);1H. The second kappa shape index (κ2) is 12.6. The third kappa shape index (κ3) is 7.32. The Balaban J connectivity index is 0.00000507. The minimum Gasteiger partial charge on any atom is -0.399 e. The number of ketones is 2. The highest BCUT2D eigenvalue weighted by Gasteiger charge is 2.45. The van der Waals surface area contributed by atoms with Gasteiger partial charge in [0.1, 0.15) is 6.54 Å². The first-order valence-corrected chi connectivity index (χ1v) is 11.5. The summed E-state index contributed by atoms with van der Waals surface area (Å²) in [5, 5.41) is 2.11. The minimum atomic E-state index is -5.14. The molecule has 0 aliphatic carbocycles. The van der Waals surface area contributed by atoms with Gasteiger partial charge in [0.15, 0.2) is 5.78 Å².